The lowest BCUT2D eigenvalue weighted by atomic mass is 10.2. The lowest BCUT2D eigenvalue weighted by Crippen LogP contribution is -2.38. The van der Waals surface area contributed by atoms with Crippen LogP contribution in [0.25, 0.3) is 6.08 Å². The van der Waals surface area contributed by atoms with E-state index >= 15 is 0 Å². The van der Waals surface area contributed by atoms with E-state index in [-0.39, 0.29) is 13.3 Å². The summed E-state index contributed by atoms with van der Waals surface area (Å²) in [4.78, 5) is 12.5. The van der Waals surface area contributed by atoms with E-state index in [4.69, 9.17) is 9.47 Å². The molecular formula is C15H14F3NO3. The minimum atomic E-state index is -4.45. The second-order valence-electron chi connectivity index (χ2n) is 4.57. The Morgan fingerprint density at radius 1 is 1.32 bits per heavy atom. The zero-order valence-electron chi connectivity index (χ0n) is 11.6. The van der Waals surface area contributed by atoms with E-state index in [1.807, 2.05) is 0 Å². The van der Waals surface area contributed by atoms with Gasteiger partial charge in [-0.1, -0.05) is 12.1 Å². The fraction of sp³-hybridized carbons (Fsp3) is 0.267. The van der Waals surface area contributed by atoms with Crippen LogP contribution in [0.15, 0.2) is 36.9 Å². The third kappa shape index (κ3) is 4.28. The zero-order valence-corrected chi connectivity index (χ0v) is 11.6. The van der Waals surface area contributed by atoms with Gasteiger partial charge in [-0.3, -0.25) is 4.79 Å². The van der Waals surface area contributed by atoms with Crippen LogP contribution < -0.4 is 9.47 Å². The van der Waals surface area contributed by atoms with Gasteiger partial charge in [-0.2, -0.15) is 13.2 Å². The SMILES string of the molecule is C=CCN(CC(F)(F)F)C(=O)/C=C/c1ccc2c(c1)OCO2. The number of rotatable bonds is 5. The summed E-state index contributed by atoms with van der Waals surface area (Å²) in [6, 6.07) is 5.00. The monoisotopic (exact) mass is 313 g/mol. The second-order valence-corrected chi connectivity index (χ2v) is 4.57. The molecule has 0 saturated heterocycles. The Balaban J connectivity index is 2.06. The van der Waals surface area contributed by atoms with E-state index in [1.165, 1.54) is 12.2 Å². The smallest absolute Gasteiger partial charge is 0.406 e. The highest BCUT2D eigenvalue weighted by molar-refractivity contribution is 5.92. The minimum absolute atomic E-state index is 0.125. The molecule has 1 aliphatic heterocycles. The van der Waals surface area contributed by atoms with Crippen molar-refractivity contribution in [2.24, 2.45) is 0 Å². The predicted octanol–water partition coefficient (Wildman–Crippen LogP) is 3.01. The molecule has 0 bridgehead atoms. The first-order valence-electron chi connectivity index (χ1n) is 6.43. The summed E-state index contributed by atoms with van der Waals surface area (Å²) >= 11 is 0. The number of alkyl halides is 3. The van der Waals surface area contributed by atoms with Crippen LogP contribution in [0.1, 0.15) is 5.56 Å². The van der Waals surface area contributed by atoms with Gasteiger partial charge in [0, 0.05) is 12.6 Å². The molecule has 0 aliphatic carbocycles. The quantitative estimate of drug-likeness (QED) is 0.619. The fourth-order valence-corrected chi connectivity index (χ4v) is 1.89. The highest BCUT2D eigenvalue weighted by Gasteiger charge is 2.31. The number of hydrogen-bond acceptors (Lipinski definition) is 3. The van der Waals surface area contributed by atoms with E-state index in [2.05, 4.69) is 6.58 Å². The van der Waals surface area contributed by atoms with Crippen LogP contribution >= 0.6 is 0 Å². The van der Waals surface area contributed by atoms with Crippen LogP contribution in [0.3, 0.4) is 0 Å². The molecule has 118 valence electrons. The number of benzene rings is 1. The Labute approximate surface area is 125 Å². The molecule has 0 N–H and O–H groups in total. The van der Waals surface area contributed by atoms with Crippen LogP contribution in [-0.2, 0) is 4.79 Å². The molecule has 0 unspecified atom stereocenters. The summed E-state index contributed by atoms with van der Waals surface area (Å²) in [7, 11) is 0. The number of ether oxygens (including phenoxy) is 2. The Bertz CT molecular complexity index is 596. The summed E-state index contributed by atoms with van der Waals surface area (Å²) in [5.74, 6) is 0.386. The molecule has 2 rings (SSSR count). The fourth-order valence-electron chi connectivity index (χ4n) is 1.89. The lowest BCUT2D eigenvalue weighted by Gasteiger charge is -2.20. The summed E-state index contributed by atoms with van der Waals surface area (Å²) in [6.07, 6.45) is -0.688. The number of hydrogen-bond donors (Lipinski definition) is 0. The van der Waals surface area contributed by atoms with Gasteiger partial charge >= 0.3 is 6.18 Å². The lowest BCUT2D eigenvalue weighted by molar-refractivity contribution is -0.157. The number of halogens is 3. The summed E-state index contributed by atoms with van der Waals surface area (Å²) < 4.78 is 47.6. The highest BCUT2D eigenvalue weighted by atomic mass is 19.4. The number of nitrogens with zero attached hydrogens (tertiary/aromatic N) is 1. The standard InChI is InChI=1S/C15H14F3NO3/c1-2-7-19(9-15(16,17)18)14(20)6-4-11-3-5-12-13(8-11)22-10-21-12/h2-6,8H,1,7,9-10H2/b6-4+. The van der Waals surface area contributed by atoms with Gasteiger partial charge < -0.3 is 14.4 Å². The van der Waals surface area contributed by atoms with Crippen molar-refractivity contribution in [3.8, 4) is 11.5 Å². The van der Waals surface area contributed by atoms with Crippen molar-refractivity contribution >= 4 is 12.0 Å². The Hall–Kier alpha value is -2.44. The molecule has 0 fully saturated rings. The third-order valence-corrected chi connectivity index (χ3v) is 2.85. The first-order valence-corrected chi connectivity index (χ1v) is 6.43. The predicted molar refractivity (Wildman–Crippen MR) is 74.4 cm³/mol. The summed E-state index contributed by atoms with van der Waals surface area (Å²) in [5.41, 5.74) is 0.628. The molecule has 0 radical (unpaired) electrons. The molecule has 7 heteroatoms. The Morgan fingerprint density at radius 3 is 2.73 bits per heavy atom. The first-order chi connectivity index (χ1) is 10.4. The van der Waals surface area contributed by atoms with Gasteiger partial charge in [-0.25, -0.2) is 0 Å². The van der Waals surface area contributed by atoms with Gasteiger partial charge in [0.1, 0.15) is 6.54 Å². The molecule has 1 aromatic rings. The molecule has 1 amide bonds. The molecule has 4 nitrogen and oxygen atoms in total. The second kappa shape index (κ2) is 6.55. The van der Waals surface area contributed by atoms with Crippen molar-refractivity contribution in [2.75, 3.05) is 19.9 Å². The minimum Gasteiger partial charge on any atom is -0.454 e. The van der Waals surface area contributed by atoms with Crippen molar-refractivity contribution in [1.82, 2.24) is 4.90 Å². The van der Waals surface area contributed by atoms with Crippen LogP contribution in [-0.4, -0.2) is 36.9 Å². The topological polar surface area (TPSA) is 38.8 Å². The van der Waals surface area contributed by atoms with Gasteiger partial charge in [-0.15, -0.1) is 6.58 Å². The normalized spacial score (nSPS) is 13.4. The molecule has 1 aliphatic rings. The van der Waals surface area contributed by atoms with Crippen LogP contribution in [0, 0.1) is 0 Å². The largest absolute Gasteiger partial charge is 0.454 e. The molecule has 1 aromatic carbocycles. The van der Waals surface area contributed by atoms with Gasteiger partial charge in [0.05, 0.1) is 0 Å². The molecule has 0 atom stereocenters. The first kappa shape index (κ1) is 15.9. The van der Waals surface area contributed by atoms with Crippen molar-refractivity contribution in [2.45, 2.75) is 6.18 Å². The highest BCUT2D eigenvalue weighted by Crippen LogP contribution is 2.32. The number of amides is 1. The van der Waals surface area contributed by atoms with E-state index in [1.54, 1.807) is 18.2 Å². The van der Waals surface area contributed by atoms with Gasteiger partial charge in [0.25, 0.3) is 0 Å². The zero-order chi connectivity index (χ0) is 16.2. The third-order valence-electron chi connectivity index (χ3n) is 2.85. The molecule has 0 spiro atoms. The number of fused-ring (bicyclic) bond motifs is 1. The van der Waals surface area contributed by atoms with E-state index < -0.39 is 18.6 Å². The summed E-state index contributed by atoms with van der Waals surface area (Å²) in [5, 5.41) is 0. The maximum absolute atomic E-state index is 12.4. The van der Waals surface area contributed by atoms with Gasteiger partial charge in [0.2, 0.25) is 12.7 Å². The molecular weight excluding hydrogens is 299 g/mol. The van der Waals surface area contributed by atoms with Crippen LogP contribution in [0.5, 0.6) is 11.5 Å². The average molecular weight is 313 g/mol. The van der Waals surface area contributed by atoms with Crippen LogP contribution in [0.2, 0.25) is 0 Å². The summed E-state index contributed by atoms with van der Waals surface area (Å²) in [6.45, 7) is 1.99. The van der Waals surface area contributed by atoms with Crippen molar-refractivity contribution < 1.29 is 27.4 Å². The van der Waals surface area contributed by atoms with Gasteiger partial charge in [-0.05, 0) is 23.8 Å². The van der Waals surface area contributed by atoms with E-state index in [0.29, 0.717) is 22.0 Å². The van der Waals surface area contributed by atoms with Gasteiger partial charge in [0.15, 0.2) is 11.5 Å². The van der Waals surface area contributed by atoms with E-state index in [0.717, 1.165) is 6.08 Å². The van der Waals surface area contributed by atoms with E-state index in [9.17, 15) is 18.0 Å². The number of carbonyl (C=O) groups excluding carboxylic acids is 1. The average Bonchev–Trinajstić information content (AvgIpc) is 2.90. The number of carbonyl (C=O) groups is 1. The molecule has 22 heavy (non-hydrogen) atoms. The molecule has 0 saturated carbocycles. The van der Waals surface area contributed by atoms with Crippen LogP contribution in [0.4, 0.5) is 13.2 Å². The maximum Gasteiger partial charge on any atom is 0.406 e. The Morgan fingerprint density at radius 2 is 2.05 bits per heavy atom. The van der Waals surface area contributed by atoms with Crippen molar-refractivity contribution in [1.29, 1.82) is 0 Å². The molecule has 0 aromatic heterocycles. The van der Waals surface area contributed by atoms with Crippen molar-refractivity contribution in [3.05, 3.63) is 42.5 Å². The van der Waals surface area contributed by atoms with Crippen molar-refractivity contribution in [3.63, 3.8) is 0 Å². The Kier molecular flexibility index (Phi) is 4.75. The maximum atomic E-state index is 12.4. The molecule has 1 heterocycles.